The van der Waals surface area contributed by atoms with Gasteiger partial charge in [-0.25, -0.2) is 0 Å². The third-order valence-electron chi connectivity index (χ3n) is 0.479. The maximum Gasteiger partial charge on any atom is 0.303 e. The van der Waals surface area contributed by atoms with Crippen LogP contribution in [0.1, 0.15) is 34.6 Å². The number of Topliss-reactive ketones (excluding diaryl/α,β-unsaturated/α-hetero) is 1. The molecule has 3 heteroatoms. The van der Waals surface area contributed by atoms with E-state index in [0.29, 0.717) is 0 Å². The molecule has 12 heavy (non-hydrogen) atoms. The zero-order valence-corrected chi connectivity index (χ0v) is 8.51. The highest BCUT2D eigenvalue weighted by atomic mass is 16.5. The van der Waals surface area contributed by atoms with Gasteiger partial charge in [0.2, 0.25) is 0 Å². The van der Waals surface area contributed by atoms with E-state index in [1.807, 2.05) is 0 Å². The zero-order valence-electron chi connectivity index (χ0n) is 8.51. The fourth-order valence-corrected chi connectivity index (χ4v) is 0.203. The standard InChI is InChI=1S/C5H8O3.C4H10/c1-4(6)3-8-5(2)7;1-4(2)3/h3H2,1-2H3;4H,1-3H3. The Morgan fingerprint density at radius 3 is 1.58 bits per heavy atom. The van der Waals surface area contributed by atoms with E-state index >= 15 is 0 Å². The molecule has 0 aliphatic heterocycles. The van der Waals surface area contributed by atoms with Crippen molar-refractivity contribution in [1.82, 2.24) is 0 Å². The number of hydrogen-bond acceptors (Lipinski definition) is 3. The van der Waals surface area contributed by atoms with Crippen LogP contribution in [0.3, 0.4) is 0 Å². The topological polar surface area (TPSA) is 43.4 Å². The lowest BCUT2D eigenvalue weighted by Gasteiger charge is -1.93. The highest BCUT2D eigenvalue weighted by Crippen LogP contribution is 1.81. The molecule has 0 aliphatic carbocycles. The summed E-state index contributed by atoms with van der Waals surface area (Å²) >= 11 is 0. The summed E-state index contributed by atoms with van der Waals surface area (Å²) in [5.74, 6) is 0.278. The average molecular weight is 174 g/mol. The maximum absolute atomic E-state index is 10.1. The summed E-state index contributed by atoms with van der Waals surface area (Å²) in [7, 11) is 0. The van der Waals surface area contributed by atoms with E-state index in [9.17, 15) is 9.59 Å². The van der Waals surface area contributed by atoms with Gasteiger partial charge < -0.3 is 4.74 Å². The van der Waals surface area contributed by atoms with Crippen molar-refractivity contribution in [2.75, 3.05) is 6.61 Å². The molecule has 0 aliphatic rings. The van der Waals surface area contributed by atoms with Gasteiger partial charge in [-0.05, 0) is 12.8 Å². The van der Waals surface area contributed by atoms with E-state index in [0.717, 1.165) is 5.92 Å². The lowest BCUT2D eigenvalue weighted by Crippen LogP contribution is -2.07. The van der Waals surface area contributed by atoms with Crippen LogP contribution in [0.4, 0.5) is 0 Å². The van der Waals surface area contributed by atoms with Crippen molar-refractivity contribution < 1.29 is 14.3 Å². The Balaban J connectivity index is 0. The van der Waals surface area contributed by atoms with Gasteiger partial charge in [0.15, 0.2) is 5.78 Å². The fraction of sp³-hybridized carbons (Fsp3) is 0.778. The van der Waals surface area contributed by atoms with E-state index in [2.05, 4.69) is 25.5 Å². The molecule has 3 nitrogen and oxygen atoms in total. The number of carbonyl (C=O) groups is 2. The molecule has 0 atom stereocenters. The fourth-order valence-electron chi connectivity index (χ4n) is 0.203. The first-order chi connectivity index (χ1) is 5.36. The van der Waals surface area contributed by atoms with Gasteiger partial charge in [-0.2, -0.15) is 0 Å². The highest BCUT2D eigenvalue weighted by molar-refractivity contribution is 5.79. The number of hydrogen-bond donors (Lipinski definition) is 0. The average Bonchev–Trinajstić information content (AvgIpc) is 1.82. The van der Waals surface area contributed by atoms with Gasteiger partial charge in [0.1, 0.15) is 6.61 Å². The van der Waals surface area contributed by atoms with Gasteiger partial charge >= 0.3 is 5.97 Å². The minimum absolute atomic E-state index is 0.102. The highest BCUT2D eigenvalue weighted by Gasteiger charge is 1.94. The van der Waals surface area contributed by atoms with Crippen LogP contribution in [0.15, 0.2) is 0 Å². The van der Waals surface area contributed by atoms with Crippen molar-refractivity contribution >= 4 is 11.8 Å². The van der Waals surface area contributed by atoms with Crippen LogP contribution >= 0.6 is 0 Å². The van der Waals surface area contributed by atoms with Gasteiger partial charge in [-0.1, -0.05) is 20.8 Å². The van der Waals surface area contributed by atoms with Crippen LogP contribution in [0.5, 0.6) is 0 Å². The minimum atomic E-state index is -0.416. The Kier molecular flexibility index (Phi) is 9.41. The molecule has 0 saturated carbocycles. The molecular formula is C9H18O3. The number of ketones is 1. The second-order valence-electron chi connectivity index (χ2n) is 3.21. The van der Waals surface area contributed by atoms with Gasteiger partial charge in [0, 0.05) is 6.92 Å². The van der Waals surface area contributed by atoms with Gasteiger partial charge in [0.25, 0.3) is 0 Å². The lowest BCUT2D eigenvalue weighted by atomic mass is 10.3. The molecule has 0 aromatic heterocycles. The maximum atomic E-state index is 10.1. The monoisotopic (exact) mass is 174 g/mol. The predicted molar refractivity (Wildman–Crippen MR) is 47.8 cm³/mol. The normalized spacial score (nSPS) is 8.50. The molecule has 0 rings (SSSR count). The zero-order chi connectivity index (χ0) is 10.1. The third-order valence-corrected chi connectivity index (χ3v) is 0.479. The Bertz CT molecular complexity index is 122. The van der Waals surface area contributed by atoms with Crippen LogP contribution in [-0.4, -0.2) is 18.4 Å². The Labute approximate surface area is 74.1 Å². The third kappa shape index (κ3) is 35.3. The van der Waals surface area contributed by atoms with E-state index in [1.165, 1.54) is 13.8 Å². The molecule has 0 aromatic carbocycles. The van der Waals surface area contributed by atoms with Crippen molar-refractivity contribution in [2.45, 2.75) is 34.6 Å². The van der Waals surface area contributed by atoms with E-state index in [-0.39, 0.29) is 12.4 Å². The van der Waals surface area contributed by atoms with Crippen molar-refractivity contribution in [1.29, 1.82) is 0 Å². The van der Waals surface area contributed by atoms with Crippen LogP contribution in [0.2, 0.25) is 0 Å². The van der Waals surface area contributed by atoms with E-state index in [4.69, 9.17) is 0 Å². The summed E-state index contributed by atoms with van der Waals surface area (Å²) < 4.78 is 4.31. The van der Waals surface area contributed by atoms with Gasteiger partial charge in [-0.15, -0.1) is 0 Å². The van der Waals surface area contributed by atoms with Crippen LogP contribution in [0.25, 0.3) is 0 Å². The summed E-state index contributed by atoms with van der Waals surface area (Å²) in [6, 6.07) is 0. The molecule has 72 valence electrons. The predicted octanol–water partition coefficient (Wildman–Crippen LogP) is 1.80. The molecule has 0 heterocycles. The Hall–Kier alpha value is -0.860. The molecule has 0 saturated heterocycles. The van der Waals surface area contributed by atoms with Crippen molar-refractivity contribution in [3.63, 3.8) is 0 Å². The number of rotatable bonds is 2. The second kappa shape index (κ2) is 8.24. The molecule has 0 unspecified atom stereocenters. The number of carbonyl (C=O) groups excluding carboxylic acids is 2. The van der Waals surface area contributed by atoms with E-state index in [1.54, 1.807) is 0 Å². The molecule has 0 N–H and O–H groups in total. The SMILES string of the molecule is CC(=O)COC(C)=O.CC(C)C. The first-order valence-electron chi connectivity index (χ1n) is 3.99. The second-order valence-corrected chi connectivity index (χ2v) is 3.21. The first kappa shape index (κ1) is 13.7. The van der Waals surface area contributed by atoms with Gasteiger partial charge in [0.05, 0.1) is 0 Å². The molecule has 0 bridgehead atoms. The molecule has 0 fully saturated rings. The molecule has 0 amide bonds. The van der Waals surface area contributed by atoms with E-state index < -0.39 is 5.97 Å². The summed E-state index contributed by atoms with van der Waals surface area (Å²) in [6.07, 6.45) is 0. The molecule has 0 aromatic rings. The largest absolute Gasteiger partial charge is 0.458 e. The van der Waals surface area contributed by atoms with Crippen molar-refractivity contribution in [3.05, 3.63) is 0 Å². The van der Waals surface area contributed by atoms with Crippen LogP contribution in [-0.2, 0) is 14.3 Å². The molecule has 0 radical (unpaired) electrons. The molecular weight excluding hydrogens is 156 g/mol. The summed E-state index contributed by atoms with van der Waals surface area (Å²) in [4.78, 5) is 20.0. The molecule has 0 spiro atoms. The number of esters is 1. The Morgan fingerprint density at radius 1 is 1.17 bits per heavy atom. The number of ether oxygens (including phenoxy) is 1. The lowest BCUT2D eigenvalue weighted by molar-refractivity contribution is -0.145. The quantitative estimate of drug-likeness (QED) is 0.599. The summed E-state index contributed by atoms with van der Waals surface area (Å²) in [6.45, 7) is 9.03. The first-order valence-corrected chi connectivity index (χ1v) is 3.99. The van der Waals surface area contributed by atoms with Crippen molar-refractivity contribution in [3.8, 4) is 0 Å². The van der Waals surface area contributed by atoms with Crippen LogP contribution < -0.4 is 0 Å². The van der Waals surface area contributed by atoms with Crippen LogP contribution in [0, 0.1) is 5.92 Å². The van der Waals surface area contributed by atoms with Gasteiger partial charge in [-0.3, -0.25) is 9.59 Å². The Morgan fingerprint density at radius 2 is 1.50 bits per heavy atom. The summed E-state index contributed by atoms with van der Waals surface area (Å²) in [5, 5.41) is 0. The summed E-state index contributed by atoms with van der Waals surface area (Å²) in [5.41, 5.74) is 0. The minimum Gasteiger partial charge on any atom is -0.458 e. The smallest absolute Gasteiger partial charge is 0.303 e. The van der Waals surface area contributed by atoms with Crippen molar-refractivity contribution in [2.24, 2.45) is 5.92 Å².